The van der Waals surface area contributed by atoms with Crippen molar-refractivity contribution < 1.29 is 9.90 Å². The number of hydrazine groups is 1. The lowest BCUT2D eigenvalue weighted by molar-refractivity contribution is 0.00731. The van der Waals surface area contributed by atoms with Crippen molar-refractivity contribution in [2.45, 2.75) is 13.1 Å². The van der Waals surface area contributed by atoms with Gasteiger partial charge in [0.25, 0.3) is 0 Å². The van der Waals surface area contributed by atoms with Gasteiger partial charge in [0, 0.05) is 20.1 Å². The van der Waals surface area contributed by atoms with E-state index in [0.29, 0.717) is 18.7 Å². The molecule has 1 aromatic rings. The monoisotopic (exact) mass is 217 g/mol. The van der Waals surface area contributed by atoms with Crippen LogP contribution in [0.4, 0.5) is 4.79 Å². The molecule has 1 N–H and O–H groups in total. The molecule has 0 unspecified atom stereocenters. The summed E-state index contributed by atoms with van der Waals surface area (Å²) in [6, 6.07) is 7.52. The van der Waals surface area contributed by atoms with Crippen LogP contribution in [0.1, 0.15) is 16.7 Å². The molecule has 5 nitrogen and oxygen atoms in total. The lowest BCUT2D eigenvalue weighted by Gasteiger charge is -2.24. The fraction of sp³-hybridized carbons (Fsp3) is 0.273. The summed E-state index contributed by atoms with van der Waals surface area (Å²) in [5.41, 5.74) is 2.71. The zero-order chi connectivity index (χ0) is 11.7. The molecule has 0 bridgehead atoms. The molecule has 0 atom stereocenters. The van der Waals surface area contributed by atoms with Gasteiger partial charge in [0.05, 0.1) is 11.6 Å². The summed E-state index contributed by atoms with van der Waals surface area (Å²) in [7, 11) is 1.51. The number of benzene rings is 1. The minimum absolute atomic E-state index is 0.535. The van der Waals surface area contributed by atoms with Crippen molar-refractivity contribution in [2.24, 2.45) is 0 Å². The van der Waals surface area contributed by atoms with Gasteiger partial charge >= 0.3 is 6.09 Å². The molecule has 0 spiro atoms. The predicted molar refractivity (Wildman–Crippen MR) is 56.2 cm³/mol. The van der Waals surface area contributed by atoms with E-state index < -0.39 is 6.09 Å². The van der Waals surface area contributed by atoms with Crippen molar-refractivity contribution in [3.05, 3.63) is 34.9 Å². The number of rotatable bonds is 1. The first-order valence-corrected chi connectivity index (χ1v) is 4.85. The average Bonchev–Trinajstić information content (AvgIpc) is 2.69. The van der Waals surface area contributed by atoms with Crippen LogP contribution in [0.2, 0.25) is 0 Å². The molecule has 0 saturated heterocycles. The fourth-order valence-corrected chi connectivity index (χ4v) is 1.78. The smallest absolute Gasteiger partial charge is 0.421 e. The Morgan fingerprint density at radius 1 is 1.50 bits per heavy atom. The molecule has 2 rings (SSSR count). The maximum absolute atomic E-state index is 10.8. The first-order valence-electron chi connectivity index (χ1n) is 4.85. The van der Waals surface area contributed by atoms with Crippen LogP contribution in [0.15, 0.2) is 18.2 Å². The fourth-order valence-electron chi connectivity index (χ4n) is 1.78. The van der Waals surface area contributed by atoms with Gasteiger partial charge in [-0.25, -0.2) is 14.8 Å². The van der Waals surface area contributed by atoms with Gasteiger partial charge in [-0.05, 0) is 23.3 Å². The number of carbonyl (C=O) groups is 1. The van der Waals surface area contributed by atoms with Gasteiger partial charge in [-0.15, -0.1) is 0 Å². The lowest BCUT2D eigenvalue weighted by atomic mass is 10.1. The molecule has 1 amide bonds. The van der Waals surface area contributed by atoms with E-state index in [1.54, 1.807) is 11.1 Å². The molecule has 0 radical (unpaired) electrons. The lowest BCUT2D eigenvalue weighted by Crippen LogP contribution is -2.39. The van der Waals surface area contributed by atoms with Gasteiger partial charge < -0.3 is 5.11 Å². The van der Waals surface area contributed by atoms with Gasteiger partial charge in [-0.2, -0.15) is 5.26 Å². The largest absolute Gasteiger partial charge is 0.464 e. The van der Waals surface area contributed by atoms with Crippen LogP contribution >= 0.6 is 0 Å². The van der Waals surface area contributed by atoms with E-state index in [1.165, 1.54) is 12.1 Å². The van der Waals surface area contributed by atoms with E-state index >= 15 is 0 Å². The standard InChI is InChI=1S/C11H11N3O2/c1-13(11(15)16)14-6-9-3-2-8(5-12)4-10(9)7-14/h2-4H,6-7H2,1H3,(H,15,16). The Kier molecular flexibility index (Phi) is 2.50. The molecule has 1 aliphatic heterocycles. The zero-order valence-corrected chi connectivity index (χ0v) is 8.84. The molecule has 0 aromatic heterocycles. The van der Waals surface area contributed by atoms with Crippen LogP contribution in [-0.4, -0.2) is 28.3 Å². The predicted octanol–water partition coefficient (Wildman–Crippen LogP) is 1.40. The number of fused-ring (bicyclic) bond motifs is 1. The highest BCUT2D eigenvalue weighted by Crippen LogP contribution is 2.24. The first-order chi connectivity index (χ1) is 7.61. The third-order valence-electron chi connectivity index (χ3n) is 2.74. The maximum Gasteiger partial charge on any atom is 0.421 e. The molecule has 1 aliphatic rings. The number of amides is 1. The number of nitriles is 1. The Balaban J connectivity index is 2.22. The zero-order valence-electron chi connectivity index (χ0n) is 8.84. The molecule has 0 fully saturated rings. The van der Waals surface area contributed by atoms with Gasteiger partial charge in [0.15, 0.2) is 0 Å². The maximum atomic E-state index is 10.8. The van der Waals surface area contributed by atoms with Crippen molar-refractivity contribution in [1.82, 2.24) is 10.0 Å². The number of hydrogen-bond acceptors (Lipinski definition) is 3. The summed E-state index contributed by atoms with van der Waals surface area (Å²) < 4.78 is 0. The Morgan fingerprint density at radius 2 is 2.19 bits per heavy atom. The first kappa shape index (κ1) is 10.5. The molecule has 5 heteroatoms. The SMILES string of the molecule is CN(C(=O)O)N1Cc2ccc(C#N)cc2C1. The molecular weight excluding hydrogens is 206 g/mol. The minimum atomic E-state index is -0.978. The second kappa shape index (κ2) is 3.83. The second-order valence-corrected chi connectivity index (χ2v) is 3.72. The van der Waals surface area contributed by atoms with Crippen LogP contribution in [0, 0.1) is 11.3 Å². The van der Waals surface area contributed by atoms with Crippen LogP contribution in [-0.2, 0) is 13.1 Å². The highest BCUT2D eigenvalue weighted by Gasteiger charge is 2.24. The summed E-state index contributed by atoms with van der Waals surface area (Å²) in [6.07, 6.45) is -0.978. The van der Waals surface area contributed by atoms with Gasteiger partial charge in [0.2, 0.25) is 0 Å². The third-order valence-corrected chi connectivity index (χ3v) is 2.74. The quantitative estimate of drug-likeness (QED) is 0.772. The highest BCUT2D eigenvalue weighted by molar-refractivity contribution is 5.64. The van der Waals surface area contributed by atoms with E-state index in [-0.39, 0.29) is 0 Å². The molecule has 1 aromatic carbocycles. The number of nitrogens with zero attached hydrogens (tertiary/aromatic N) is 3. The van der Waals surface area contributed by atoms with Gasteiger partial charge in [-0.1, -0.05) is 6.07 Å². The van der Waals surface area contributed by atoms with Crippen molar-refractivity contribution >= 4 is 6.09 Å². The second-order valence-electron chi connectivity index (χ2n) is 3.72. The molecule has 16 heavy (non-hydrogen) atoms. The summed E-state index contributed by atoms with van der Waals surface area (Å²) in [5.74, 6) is 0. The Morgan fingerprint density at radius 3 is 2.81 bits per heavy atom. The van der Waals surface area contributed by atoms with Crippen molar-refractivity contribution in [2.75, 3.05) is 7.05 Å². The van der Waals surface area contributed by atoms with E-state index in [0.717, 1.165) is 11.1 Å². The van der Waals surface area contributed by atoms with E-state index in [4.69, 9.17) is 10.4 Å². The molecule has 0 aliphatic carbocycles. The van der Waals surface area contributed by atoms with Gasteiger partial charge in [-0.3, -0.25) is 0 Å². The molecule has 82 valence electrons. The Hall–Kier alpha value is -2.06. The Labute approximate surface area is 93.1 Å². The number of carboxylic acid groups (broad SMARTS) is 1. The normalized spacial score (nSPS) is 14.2. The van der Waals surface area contributed by atoms with Crippen LogP contribution in [0.25, 0.3) is 0 Å². The average molecular weight is 217 g/mol. The van der Waals surface area contributed by atoms with E-state index in [1.807, 2.05) is 12.1 Å². The van der Waals surface area contributed by atoms with Crippen LogP contribution in [0.5, 0.6) is 0 Å². The Bertz CT molecular complexity index is 479. The molecule has 0 saturated carbocycles. The molecular formula is C11H11N3O2. The summed E-state index contributed by atoms with van der Waals surface area (Å²) in [5, 5.41) is 20.5. The number of hydrogen-bond donors (Lipinski definition) is 1. The summed E-state index contributed by atoms with van der Waals surface area (Å²) in [6.45, 7) is 1.11. The van der Waals surface area contributed by atoms with Crippen LogP contribution < -0.4 is 0 Å². The van der Waals surface area contributed by atoms with E-state index in [9.17, 15) is 4.79 Å². The van der Waals surface area contributed by atoms with Crippen LogP contribution in [0.3, 0.4) is 0 Å². The highest BCUT2D eigenvalue weighted by atomic mass is 16.4. The van der Waals surface area contributed by atoms with E-state index in [2.05, 4.69) is 6.07 Å². The summed E-state index contributed by atoms with van der Waals surface area (Å²) >= 11 is 0. The van der Waals surface area contributed by atoms with Crippen molar-refractivity contribution in [1.29, 1.82) is 5.26 Å². The minimum Gasteiger partial charge on any atom is -0.464 e. The van der Waals surface area contributed by atoms with Crippen molar-refractivity contribution in [3.8, 4) is 6.07 Å². The van der Waals surface area contributed by atoms with Crippen molar-refractivity contribution in [3.63, 3.8) is 0 Å². The van der Waals surface area contributed by atoms with Gasteiger partial charge in [0.1, 0.15) is 0 Å². The third kappa shape index (κ3) is 1.71. The molecule has 1 heterocycles. The topological polar surface area (TPSA) is 67.6 Å². The summed E-state index contributed by atoms with van der Waals surface area (Å²) in [4.78, 5) is 10.8.